The summed E-state index contributed by atoms with van der Waals surface area (Å²) in [6.45, 7) is 2.09. The third kappa shape index (κ3) is 3.28. The minimum Gasteiger partial charge on any atom is -0.349 e. The lowest BCUT2D eigenvalue weighted by molar-refractivity contribution is 0.914. The summed E-state index contributed by atoms with van der Waals surface area (Å²) in [7, 11) is 0. The lowest BCUT2D eigenvalue weighted by Gasteiger charge is -2.18. The van der Waals surface area contributed by atoms with Gasteiger partial charge in [0.1, 0.15) is 5.01 Å². The number of benzene rings is 2. The van der Waals surface area contributed by atoms with Crippen molar-refractivity contribution in [1.29, 1.82) is 0 Å². The largest absolute Gasteiger partial charge is 0.349 e. The highest BCUT2D eigenvalue weighted by Crippen LogP contribution is 2.28. The molecule has 21 heavy (non-hydrogen) atoms. The maximum atomic E-state index is 4.24. The molecule has 0 saturated heterocycles. The van der Waals surface area contributed by atoms with Gasteiger partial charge in [-0.05, 0) is 17.5 Å². The first kappa shape index (κ1) is 13.8. The number of rotatable bonds is 5. The van der Waals surface area contributed by atoms with E-state index < -0.39 is 0 Å². The summed E-state index contributed by atoms with van der Waals surface area (Å²) >= 11 is 1.62. The number of anilines is 1. The van der Waals surface area contributed by atoms with Crippen molar-refractivity contribution in [2.75, 3.05) is 5.32 Å². The minimum atomic E-state index is 0.0880. The van der Waals surface area contributed by atoms with E-state index in [1.165, 1.54) is 11.1 Å². The zero-order valence-corrected chi connectivity index (χ0v) is 12.7. The van der Waals surface area contributed by atoms with Crippen LogP contribution in [0.15, 0.2) is 60.7 Å². The number of aryl methyl sites for hydroxylation is 1. The Bertz CT molecular complexity index is 640. The summed E-state index contributed by atoms with van der Waals surface area (Å²) in [6.07, 6.45) is 0.917. The van der Waals surface area contributed by atoms with Crippen LogP contribution in [-0.4, -0.2) is 10.2 Å². The van der Waals surface area contributed by atoms with E-state index >= 15 is 0 Å². The molecule has 4 heteroatoms. The molecule has 2 aromatic carbocycles. The Morgan fingerprint density at radius 2 is 1.48 bits per heavy atom. The van der Waals surface area contributed by atoms with Gasteiger partial charge in [0.25, 0.3) is 0 Å². The number of hydrogen-bond acceptors (Lipinski definition) is 4. The molecular formula is C17H17N3S. The van der Waals surface area contributed by atoms with Crippen molar-refractivity contribution >= 4 is 16.5 Å². The lowest BCUT2D eigenvalue weighted by atomic mass is 9.99. The average Bonchev–Trinajstić information content (AvgIpc) is 3.02. The maximum Gasteiger partial charge on any atom is 0.206 e. The van der Waals surface area contributed by atoms with E-state index in [9.17, 15) is 0 Å². The van der Waals surface area contributed by atoms with Crippen molar-refractivity contribution in [1.82, 2.24) is 10.2 Å². The fourth-order valence-electron chi connectivity index (χ4n) is 2.23. The zero-order valence-electron chi connectivity index (χ0n) is 11.9. The Balaban J connectivity index is 1.93. The summed E-state index contributed by atoms with van der Waals surface area (Å²) in [5.41, 5.74) is 2.44. The van der Waals surface area contributed by atoms with Gasteiger partial charge in [-0.2, -0.15) is 0 Å². The number of hydrogen-bond donors (Lipinski definition) is 1. The number of nitrogens with one attached hydrogen (secondary N) is 1. The summed E-state index contributed by atoms with van der Waals surface area (Å²) in [6, 6.07) is 20.9. The fraction of sp³-hybridized carbons (Fsp3) is 0.176. The standard InChI is InChI=1S/C17H17N3S/c1-2-15-19-20-17(21-15)18-16(13-9-5-3-6-10-13)14-11-7-4-8-12-14/h3-12,16H,2H2,1H3,(H,18,20). The van der Waals surface area contributed by atoms with E-state index in [2.05, 4.69) is 71.0 Å². The van der Waals surface area contributed by atoms with Crippen LogP contribution < -0.4 is 5.32 Å². The molecule has 0 aliphatic rings. The molecule has 0 unspecified atom stereocenters. The first-order valence-corrected chi connectivity index (χ1v) is 7.87. The van der Waals surface area contributed by atoms with Gasteiger partial charge in [0.05, 0.1) is 6.04 Å². The van der Waals surface area contributed by atoms with Gasteiger partial charge in [-0.1, -0.05) is 78.9 Å². The van der Waals surface area contributed by atoms with Gasteiger partial charge in [-0.3, -0.25) is 0 Å². The smallest absolute Gasteiger partial charge is 0.206 e. The Kier molecular flexibility index (Phi) is 4.26. The van der Waals surface area contributed by atoms with Crippen LogP contribution in [0.3, 0.4) is 0 Å². The van der Waals surface area contributed by atoms with Crippen LogP contribution >= 0.6 is 11.3 Å². The van der Waals surface area contributed by atoms with Crippen molar-refractivity contribution in [3.63, 3.8) is 0 Å². The van der Waals surface area contributed by atoms with Gasteiger partial charge in [-0.25, -0.2) is 0 Å². The van der Waals surface area contributed by atoms with Crippen LogP contribution in [0, 0.1) is 0 Å². The maximum absolute atomic E-state index is 4.24. The van der Waals surface area contributed by atoms with Crippen molar-refractivity contribution in [3.8, 4) is 0 Å². The molecule has 0 bridgehead atoms. The molecule has 3 nitrogen and oxygen atoms in total. The molecule has 106 valence electrons. The van der Waals surface area contributed by atoms with Crippen LogP contribution in [0.4, 0.5) is 5.13 Å². The Labute approximate surface area is 128 Å². The van der Waals surface area contributed by atoms with E-state index in [0.29, 0.717) is 0 Å². The SMILES string of the molecule is CCc1nnc(NC(c2ccccc2)c2ccccc2)s1. The normalized spacial score (nSPS) is 10.8. The topological polar surface area (TPSA) is 37.8 Å². The molecule has 0 radical (unpaired) electrons. The van der Waals surface area contributed by atoms with Gasteiger partial charge in [0.15, 0.2) is 0 Å². The van der Waals surface area contributed by atoms with E-state index in [-0.39, 0.29) is 6.04 Å². The van der Waals surface area contributed by atoms with E-state index in [1.54, 1.807) is 11.3 Å². The second-order valence-electron chi connectivity index (χ2n) is 4.75. The van der Waals surface area contributed by atoms with Crippen LogP contribution in [0.1, 0.15) is 29.1 Å². The Morgan fingerprint density at radius 1 is 0.905 bits per heavy atom. The molecule has 3 rings (SSSR count). The quantitative estimate of drug-likeness (QED) is 0.762. The molecule has 0 saturated carbocycles. The molecule has 0 fully saturated rings. The fourth-order valence-corrected chi connectivity index (χ4v) is 2.94. The Hall–Kier alpha value is -2.20. The van der Waals surface area contributed by atoms with Crippen molar-refractivity contribution in [3.05, 3.63) is 76.8 Å². The molecule has 0 aliphatic carbocycles. The van der Waals surface area contributed by atoms with Gasteiger partial charge in [0.2, 0.25) is 5.13 Å². The highest BCUT2D eigenvalue weighted by Gasteiger charge is 2.15. The Morgan fingerprint density at radius 3 is 1.95 bits per heavy atom. The lowest BCUT2D eigenvalue weighted by Crippen LogP contribution is -2.12. The van der Waals surface area contributed by atoms with Gasteiger partial charge in [-0.15, -0.1) is 10.2 Å². The van der Waals surface area contributed by atoms with Crippen molar-refractivity contribution in [2.24, 2.45) is 0 Å². The van der Waals surface area contributed by atoms with Crippen molar-refractivity contribution < 1.29 is 0 Å². The predicted octanol–water partition coefficient (Wildman–Crippen LogP) is 4.30. The third-order valence-corrected chi connectivity index (χ3v) is 4.30. The molecule has 1 heterocycles. The van der Waals surface area contributed by atoms with E-state index in [4.69, 9.17) is 0 Å². The number of aromatic nitrogens is 2. The predicted molar refractivity (Wildman–Crippen MR) is 87.6 cm³/mol. The van der Waals surface area contributed by atoms with Crippen LogP contribution in [0.2, 0.25) is 0 Å². The zero-order chi connectivity index (χ0) is 14.5. The second-order valence-corrected chi connectivity index (χ2v) is 5.82. The molecule has 0 aliphatic heterocycles. The molecule has 1 aromatic heterocycles. The highest BCUT2D eigenvalue weighted by atomic mass is 32.1. The van der Waals surface area contributed by atoms with Crippen molar-refractivity contribution in [2.45, 2.75) is 19.4 Å². The first-order valence-electron chi connectivity index (χ1n) is 7.05. The molecule has 0 atom stereocenters. The van der Waals surface area contributed by atoms with E-state index in [1.807, 2.05) is 12.1 Å². The van der Waals surface area contributed by atoms with E-state index in [0.717, 1.165) is 16.6 Å². The van der Waals surface area contributed by atoms with Crippen LogP contribution in [0.5, 0.6) is 0 Å². The summed E-state index contributed by atoms with van der Waals surface area (Å²) < 4.78 is 0. The molecule has 3 aromatic rings. The van der Waals surface area contributed by atoms with Gasteiger partial charge in [0, 0.05) is 0 Å². The average molecular weight is 295 g/mol. The summed E-state index contributed by atoms with van der Waals surface area (Å²) in [5, 5.41) is 13.8. The minimum absolute atomic E-state index is 0.0880. The monoisotopic (exact) mass is 295 g/mol. The van der Waals surface area contributed by atoms with Crippen LogP contribution in [0.25, 0.3) is 0 Å². The second kappa shape index (κ2) is 6.50. The highest BCUT2D eigenvalue weighted by molar-refractivity contribution is 7.15. The molecule has 1 N–H and O–H groups in total. The summed E-state index contributed by atoms with van der Waals surface area (Å²) in [4.78, 5) is 0. The van der Waals surface area contributed by atoms with Gasteiger partial charge < -0.3 is 5.32 Å². The third-order valence-electron chi connectivity index (χ3n) is 3.30. The van der Waals surface area contributed by atoms with Gasteiger partial charge >= 0.3 is 0 Å². The summed E-state index contributed by atoms with van der Waals surface area (Å²) in [5.74, 6) is 0. The van der Waals surface area contributed by atoms with Crippen LogP contribution in [-0.2, 0) is 6.42 Å². The number of nitrogens with zero attached hydrogens (tertiary/aromatic N) is 2. The molecule has 0 amide bonds. The first-order chi connectivity index (χ1) is 10.4. The molecule has 0 spiro atoms. The molecular weight excluding hydrogens is 278 g/mol.